The average Bonchev–Trinajstić information content (AvgIpc) is 3.13. The van der Waals surface area contributed by atoms with Crippen molar-refractivity contribution in [3.8, 4) is 0 Å². The van der Waals surface area contributed by atoms with E-state index < -0.39 is 5.79 Å². The van der Waals surface area contributed by atoms with Gasteiger partial charge < -0.3 is 19.7 Å². The molecule has 1 spiro atoms. The molecule has 0 atom stereocenters. The first-order valence-corrected chi connectivity index (χ1v) is 9.83. The van der Waals surface area contributed by atoms with Crippen molar-refractivity contribution in [2.75, 3.05) is 31.6 Å². The number of carbonyl (C=O) groups is 1. The molecule has 0 unspecified atom stereocenters. The van der Waals surface area contributed by atoms with Gasteiger partial charge in [-0.1, -0.05) is 17.7 Å². The van der Waals surface area contributed by atoms with Gasteiger partial charge in [-0.05, 0) is 38.0 Å². The number of ether oxygens (including phenoxy) is 2. The number of amides is 1. The maximum Gasteiger partial charge on any atom is 0.255 e. The summed E-state index contributed by atoms with van der Waals surface area (Å²) in [7, 11) is 0. The maximum absolute atomic E-state index is 13.0. The first-order chi connectivity index (χ1) is 13.5. The van der Waals surface area contributed by atoms with E-state index in [1.165, 1.54) is 16.7 Å². The van der Waals surface area contributed by atoms with Gasteiger partial charge in [0, 0.05) is 37.8 Å². The standard InChI is InChI=1S/C22H27N3O3/c1-15-10-16(2)20(17(3)11-15)24-19-12-18(13-23-14-19)21(26)25-6-4-22(5-7-25)27-8-9-28-22/h10-14,24H,4-9H2,1-3H3. The zero-order valence-corrected chi connectivity index (χ0v) is 16.7. The number of pyridine rings is 1. The topological polar surface area (TPSA) is 63.7 Å². The van der Waals surface area contributed by atoms with E-state index in [-0.39, 0.29) is 5.91 Å². The molecule has 148 valence electrons. The summed E-state index contributed by atoms with van der Waals surface area (Å²) in [6.07, 6.45) is 4.81. The third-order valence-corrected chi connectivity index (χ3v) is 5.56. The summed E-state index contributed by atoms with van der Waals surface area (Å²) in [5.41, 5.74) is 6.06. The molecule has 2 aromatic rings. The number of carbonyl (C=O) groups excluding carboxylic acids is 1. The van der Waals surface area contributed by atoms with Crippen LogP contribution in [-0.2, 0) is 9.47 Å². The molecule has 1 aromatic carbocycles. The van der Waals surface area contributed by atoms with Crippen LogP contribution in [0.25, 0.3) is 0 Å². The summed E-state index contributed by atoms with van der Waals surface area (Å²) in [4.78, 5) is 19.1. The average molecular weight is 381 g/mol. The highest BCUT2D eigenvalue weighted by Crippen LogP contribution is 2.32. The molecule has 3 heterocycles. The van der Waals surface area contributed by atoms with Crippen molar-refractivity contribution >= 4 is 17.3 Å². The number of aryl methyl sites for hydroxylation is 3. The van der Waals surface area contributed by atoms with Crippen LogP contribution in [0.1, 0.15) is 39.9 Å². The lowest BCUT2D eigenvalue weighted by molar-refractivity contribution is -0.181. The first-order valence-electron chi connectivity index (χ1n) is 9.83. The third-order valence-electron chi connectivity index (χ3n) is 5.56. The highest BCUT2D eigenvalue weighted by Gasteiger charge is 2.40. The lowest BCUT2D eigenvalue weighted by atomic mass is 10.0. The van der Waals surface area contributed by atoms with Crippen molar-refractivity contribution in [2.45, 2.75) is 39.4 Å². The van der Waals surface area contributed by atoms with E-state index >= 15 is 0 Å². The summed E-state index contributed by atoms with van der Waals surface area (Å²) >= 11 is 0. The van der Waals surface area contributed by atoms with E-state index in [0.717, 1.165) is 11.4 Å². The fraction of sp³-hybridized carbons (Fsp3) is 0.455. The summed E-state index contributed by atoms with van der Waals surface area (Å²) in [6, 6.07) is 6.17. The van der Waals surface area contributed by atoms with Crippen LogP contribution < -0.4 is 5.32 Å². The Balaban J connectivity index is 1.47. The molecule has 2 aliphatic rings. The quantitative estimate of drug-likeness (QED) is 0.878. The number of piperidine rings is 1. The van der Waals surface area contributed by atoms with Gasteiger partial charge in [-0.3, -0.25) is 9.78 Å². The summed E-state index contributed by atoms with van der Waals surface area (Å²) < 4.78 is 11.5. The molecule has 1 aromatic heterocycles. The van der Waals surface area contributed by atoms with Crippen molar-refractivity contribution < 1.29 is 14.3 Å². The SMILES string of the molecule is Cc1cc(C)c(Nc2cncc(C(=O)N3CCC4(CC3)OCCO4)c2)c(C)c1. The van der Waals surface area contributed by atoms with Crippen LogP contribution in [0.15, 0.2) is 30.6 Å². The van der Waals surface area contributed by atoms with Crippen molar-refractivity contribution in [1.82, 2.24) is 9.88 Å². The maximum atomic E-state index is 13.0. The lowest BCUT2D eigenvalue weighted by Crippen LogP contribution is -2.47. The van der Waals surface area contributed by atoms with Crippen LogP contribution in [0.2, 0.25) is 0 Å². The summed E-state index contributed by atoms with van der Waals surface area (Å²) in [6.45, 7) is 8.81. The molecule has 2 saturated heterocycles. The molecule has 28 heavy (non-hydrogen) atoms. The Morgan fingerprint density at radius 1 is 1.04 bits per heavy atom. The number of anilines is 2. The fourth-order valence-electron chi connectivity index (χ4n) is 4.17. The minimum Gasteiger partial charge on any atom is -0.354 e. The highest BCUT2D eigenvalue weighted by atomic mass is 16.7. The van der Waals surface area contributed by atoms with Crippen LogP contribution in [-0.4, -0.2) is 47.9 Å². The normalized spacial score (nSPS) is 18.5. The number of rotatable bonds is 3. The molecule has 1 N–H and O–H groups in total. The Labute approximate surface area is 165 Å². The molecule has 0 bridgehead atoms. The Morgan fingerprint density at radius 2 is 1.68 bits per heavy atom. The number of hydrogen-bond donors (Lipinski definition) is 1. The van der Waals surface area contributed by atoms with Crippen molar-refractivity contribution in [3.63, 3.8) is 0 Å². The van der Waals surface area contributed by atoms with E-state index in [1.807, 2.05) is 11.0 Å². The van der Waals surface area contributed by atoms with Gasteiger partial charge in [0.1, 0.15) is 0 Å². The largest absolute Gasteiger partial charge is 0.354 e. The molecule has 1 amide bonds. The number of benzene rings is 1. The van der Waals surface area contributed by atoms with E-state index in [0.29, 0.717) is 44.7 Å². The van der Waals surface area contributed by atoms with Crippen molar-refractivity contribution in [3.05, 3.63) is 52.8 Å². The summed E-state index contributed by atoms with van der Waals surface area (Å²) in [5.74, 6) is -0.472. The molecule has 6 heteroatoms. The van der Waals surface area contributed by atoms with Crippen molar-refractivity contribution in [1.29, 1.82) is 0 Å². The smallest absolute Gasteiger partial charge is 0.255 e. The van der Waals surface area contributed by atoms with E-state index in [4.69, 9.17) is 9.47 Å². The molecule has 0 aliphatic carbocycles. The van der Waals surface area contributed by atoms with Gasteiger partial charge >= 0.3 is 0 Å². The molecule has 0 radical (unpaired) electrons. The van der Waals surface area contributed by atoms with Crippen LogP contribution in [0.4, 0.5) is 11.4 Å². The van der Waals surface area contributed by atoms with Crippen LogP contribution in [0.5, 0.6) is 0 Å². The molecule has 2 aliphatic heterocycles. The van der Waals surface area contributed by atoms with Crippen LogP contribution in [0.3, 0.4) is 0 Å². The Morgan fingerprint density at radius 3 is 2.32 bits per heavy atom. The number of hydrogen-bond acceptors (Lipinski definition) is 5. The highest BCUT2D eigenvalue weighted by molar-refractivity contribution is 5.95. The molecular formula is C22H27N3O3. The lowest BCUT2D eigenvalue weighted by Gasteiger charge is -2.37. The van der Waals surface area contributed by atoms with Gasteiger partial charge in [0.15, 0.2) is 5.79 Å². The second-order valence-electron chi connectivity index (χ2n) is 7.76. The zero-order chi connectivity index (χ0) is 19.7. The third kappa shape index (κ3) is 3.75. The number of aromatic nitrogens is 1. The predicted octanol–water partition coefficient (Wildman–Crippen LogP) is 3.73. The molecule has 2 fully saturated rings. The number of nitrogens with zero attached hydrogens (tertiary/aromatic N) is 2. The van der Waals surface area contributed by atoms with Gasteiger partial charge in [0.05, 0.1) is 30.7 Å². The first kappa shape index (κ1) is 18.9. The Bertz CT molecular complexity index is 857. The molecular weight excluding hydrogens is 354 g/mol. The Kier molecular flexibility index (Phi) is 5.08. The van der Waals surface area contributed by atoms with E-state index in [2.05, 4.69) is 43.2 Å². The monoisotopic (exact) mass is 381 g/mol. The van der Waals surface area contributed by atoms with Gasteiger partial charge in [0.2, 0.25) is 0 Å². The van der Waals surface area contributed by atoms with Gasteiger partial charge in [0.25, 0.3) is 5.91 Å². The van der Waals surface area contributed by atoms with Crippen molar-refractivity contribution in [2.24, 2.45) is 0 Å². The fourth-order valence-corrected chi connectivity index (χ4v) is 4.17. The second kappa shape index (κ2) is 7.53. The molecule has 6 nitrogen and oxygen atoms in total. The zero-order valence-electron chi connectivity index (χ0n) is 16.7. The molecule has 0 saturated carbocycles. The minimum atomic E-state index is -0.473. The second-order valence-corrected chi connectivity index (χ2v) is 7.76. The Hall–Kier alpha value is -2.44. The van der Waals surface area contributed by atoms with Gasteiger partial charge in [-0.25, -0.2) is 0 Å². The van der Waals surface area contributed by atoms with Gasteiger partial charge in [-0.15, -0.1) is 0 Å². The summed E-state index contributed by atoms with van der Waals surface area (Å²) in [5, 5.41) is 3.43. The van der Waals surface area contributed by atoms with Crippen LogP contribution >= 0.6 is 0 Å². The minimum absolute atomic E-state index is 0.00125. The number of likely N-dealkylation sites (tertiary alicyclic amines) is 1. The van der Waals surface area contributed by atoms with Crippen LogP contribution in [0, 0.1) is 20.8 Å². The van der Waals surface area contributed by atoms with Gasteiger partial charge in [-0.2, -0.15) is 0 Å². The predicted molar refractivity (Wildman–Crippen MR) is 108 cm³/mol. The molecule has 4 rings (SSSR count). The van der Waals surface area contributed by atoms with E-state index in [9.17, 15) is 4.79 Å². The number of nitrogens with one attached hydrogen (secondary N) is 1. The van der Waals surface area contributed by atoms with E-state index in [1.54, 1.807) is 12.4 Å².